The first-order valence-electron chi connectivity index (χ1n) is 11.0. The minimum absolute atomic E-state index is 0.0973. The molecule has 0 spiro atoms. The third-order valence-corrected chi connectivity index (χ3v) is 4.04. The van der Waals surface area contributed by atoms with Gasteiger partial charge in [-0.2, -0.15) is 0 Å². The Hall–Kier alpha value is -3.29. The average Bonchev–Trinajstić information content (AvgIpc) is 2.75. The van der Waals surface area contributed by atoms with Gasteiger partial charge in [0.2, 0.25) is 11.8 Å². The highest BCUT2D eigenvalue weighted by atomic mass is 16.5. The number of guanidine groups is 1. The number of amides is 1. The van der Waals surface area contributed by atoms with Gasteiger partial charge in [-0.15, -0.1) is 0 Å². The van der Waals surface area contributed by atoms with E-state index in [9.17, 15) is 4.79 Å². The van der Waals surface area contributed by atoms with E-state index in [2.05, 4.69) is 32.9 Å². The maximum Gasteiger partial charge on any atom is 0.239 e. The molecule has 0 aliphatic rings. The highest BCUT2D eigenvalue weighted by Crippen LogP contribution is 2.25. The number of pyridine rings is 1. The van der Waals surface area contributed by atoms with Crippen LogP contribution in [0.5, 0.6) is 17.4 Å². The van der Waals surface area contributed by atoms with E-state index in [1.807, 2.05) is 64.1 Å². The monoisotopic (exact) mass is 441 g/mol. The van der Waals surface area contributed by atoms with E-state index in [4.69, 9.17) is 9.47 Å². The molecular weight excluding hydrogens is 406 g/mol. The van der Waals surface area contributed by atoms with Crippen LogP contribution in [0.4, 0.5) is 0 Å². The van der Waals surface area contributed by atoms with Crippen molar-refractivity contribution in [3.05, 3.63) is 48.2 Å². The Morgan fingerprint density at radius 1 is 1.06 bits per heavy atom. The third-order valence-electron chi connectivity index (χ3n) is 4.04. The van der Waals surface area contributed by atoms with Crippen molar-refractivity contribution >= 4 is 11.9 Å². The van der Waals surface area contributed by atoms with Crippen molar-refractivity contribution in [1.82, 2.24) is 20.9 Å². The van der Waals surface area contributed by atoms with Crippen molar-refractivity contribution in [2.45, 2.75) is 53.1 Å². The fourth-order valence-corrected chi connectivity index (χ4v) is 2.70. The molecule has 0 bridgehead atoms. The summed E-state index contributed by atoms with van der Waals surface area (Å²) >= 11 is 0. The van der Waals surface area contributed by atoms with Gasteiger partial charge in [-0.3, -0.25) is 4.79 Å². The van der Waals surface area contributed by atoms with Crippen LogP contribution in [0.1, 0.15) is 46.6 Å². The number of carbonyl (C=O) groups excluding carboxylic acids is 1. The molecule has 1 aromatic heterocycles. The Balaban J connectivity index is 2.03. The molecule has 2 rings (SSSR count). The normalized spacial score (nSPS) is 11.6. The molecule has 0 fully saturated rings. The number of nitrogens with zero attached hydrogens (tertiary/aromatic N) is 2. The van der Waals surface area contributed by atoms with E-state index in [-0.39, 0.29) is 18.0 Å². The van der Waals surface area contributed by atoms with E-state index in [1.165, 1.54) is 0 Å². The molecule has 0 atom stereocenters. The van der Waals surface area contributed by atoms with Crippen LogP contribution in [0.25, 0.3) is 0 Å². The van der Waals surface area contributed by atoms with Crippen molar-refractivity contribution < 1.29 is 14.3 Å². The average molecular weight is 442 g/mol. The van der Waals surface area contributed by atoms with Gasteiger partial charge >= 0.3 is 0 Å². The fourth-order valence-electron chi connectivity index (χ4n) is 2.70. The maximum atomic E-state index is 12.1. The lowest BCUT2D eigenvalue weighted by molar-refractivity contribution is -0.121. The van der Waals surface area contributed by atoms with Crippen LogP contribution in [0.2, 0.25) is 0 Å². The lowest BCUT2D eigenvalue weighted by Gasteiger charge is -2.21. The third kappa shape index (κ3) is 9.24. The van der Waals surface area contributed by atoms with Crippen LogP contribution in [0.15, 0.2) is 47.6 Å². The van der Waals surface area contributed by atoms with Crippen molar-refractivity contribution in [3.8, 4) is 17.4 Å². The van der Waals surface area contributed by atoms with Crippen molar-refractivity contribution in [2.24, 2.45) is 4.99 Å². The lowest BCUT2D eigenvalue weighted by Crippen LogP contribution is -2.48. The SMILES string of the molecule is CCCOc1ccc(Oc2ncccc2CN=C(NCC)NCC(=O)NC(C)(C)C)cc1. The number of nitrogens with one attached hydrogen (secondary N) is 3. The van der Waals surface area contributed by atoms with Gasteiger partial charge < -0.3 is 25.4 Å². The smallest absolute Gasteiger partial charge is 0.239 e. The van der Waals surface area contributed by atoms with E-state index in [0.717, 1.165) is 17.7 Å². The Kier molecular flexibility index (Phi) is 9.78. The predicted molar refractivity (Wildman–Crippen MR) is 127 cm³/mol. The van der Waals surface area contributed by atoms with Crippen LogP contribution >= 0.6 is 0 Å². The molecule has 8 heteroatoms. The van der Waals surface area contributed by atoms with Gasteiger partial charge in [0.1, 0.15) is 11.5 Å². The number of aliphatic imine (C=N–C) groups is 1. The number of hydrogen-bond acceptors (Lipinski definition) is 5. The number of ether oxygens (including phenoxy) is 2. The molecule has 0 aliphatic carbocycles. The van der Waals surface area contributed by atoms with Gasteiger partial charge in [0, 0.05) is 23.8 Å². The summed E-state index contributed by atoms with van der Waals surface area (Å²) in [5.41, 5.74) is 0.548. The maximum absolute atomic E-state index is 12.1. The minimum Gasteiger partial charge on any atom is -0.494 e. The molecular formula is C24H35N5O3. The van der Waals surface area contributed by atoms with Gasteiger partial charge in [-0.1, -0.05) is 13.0 Å². The predicted octanol–water partition coefficient (Wildman–Crippen LogP) is 3.63. The second kappa shape index (κ2) is 12.5. The largest absolute Gasteiger partial charge is 0.494 e. The van der Waals surface area contributed by atoms with Gasteiger partial charge in [0.05, 0.1) is 19.7 Å². The van der Waals surface area contributed by atoms with Crippen LogP contribution in [-0.4, -0.2) is 42.1 Å². The van der Waals surface area contributed by atoms with Crippen molar-refractivity contribution in [2.75, 3.05) is 19.7 Å². The zero-order valence-corrected chi connectivity index (χ0v) is 19.7. The zero-order chi connectivity index (χ0) is 23.4. The molecule has 1 heterocycles. The molecule has 8 nitrogen and oxygen atoms in total. The molecule has 2 aromatic rings. The standard InChI is InChI=1S/C24H35N5O3/c1-6-15-31-19-10-12-20(13-11-19)32-22-18(9-8-14-26-22)16-27-23(25-7-2)28-17-21(30)29-24(3,4)5/h8-14H,6-7,15-17H2,1-5H3,(H,29,30)(H2,25,27,28). The summed E-state index contributed by atoms with van der Waals surface area (Å²) in [5, 5.41) is 9.12. The Labute approximate surface area is 190 Å². The van der Waals surface area contributed by atoms with Crippen molar-refractivity contribution in [1.29, 1.82) is 0 Å². The lowest BCUT2D eigenvalue weighted by atomic mass is 10.1. The Morgan fingerprint density at radius 3 is 2.44 bits per heavy atom. The molecule has 0 aliphatic heterocycles. The summed E-state index contributed by atoms with van der Waals surface area (Å²) in [6, 6.07) is 11.2. The number of hydrogen-bond donors (Lipinski definition) is 3. The van der Waals surface area contributed by atoms with E-state index < -0.39 is 0 Å². The molecule has 174 valence electrons. The van der Waals surface area contributed by atoms with Gasteiger partial charge in [0.15, 0.2) is 5.96 Å². The van der Waals surface area contributed by atoms with Crippen LogP contribution in [-0.2, 0) is 11.3 Å². The Morgan fingerprint density at radius 2 is 1.78 bits per heavy atom. The van der Waals surface area contributed by atoms with E-state index in [0.29, 0.717) is 37.3 Å². The zero-order valence-electron chi connectivity index (χ0n) is 19.7. The van der Waals surface area contributed by atoms with E-state index in [1.54, 1.807) is 6.20 Å². The molecule has 1 amide bonds. The summed E-state index contributed by atoms with van der Waals surface area (Å²) in [6.45, 7) is 11.7. The number of rotatable bonds is 10. The second-order valence-corrected chi connectivity index (χ2v) is 8.24. The first-order valence-corrected chi connectivity index (χ1v) is 11.0. The molecule has 0 saturated carbocycles. The summed E-state index contributed by atoms with van der Waals surface area (Å²) in [4.78, 5) is 21.0. The number of carbonyl (C=O) groups is 1. The summed E-state index contributed by atoms with van der Waals surface area (Å²) in [5.74, 6) is 2.41. The number of aromatic nitrogens is 1. The molecule has 0 radical (unpaired) electrons. The van der Waals surface area contributed by atoms with Gasteiger partial charge in [-0.25, -0.2) is 9.98 Å². The molecule has 3 N–H and O–H groups in total. The first kappa shape index (κ1) is 25.0. The highest BCUT2D eigenvalue weighted by Gasteiger charge is 2.14. The van der Waals surface area contributed by atoms with Crippen molar-refractivity contribution in [3.63, 3.8) is 0 Å². The number of benzene rings is 1. The van der Waals surface area contributed by atoms with Crippen LogP contribution in [0, 0.1) is 0 Å². The second-order valence-electron chi connectivity index (χ2n) is 8.24. The Bertz CT molecular complexity index is 876. The van der Waals surface area contributed by atoms with Crippen LogP contribution in [0.3, 0.4) is 0 Å². The topological polar surface area (TPSA) is 96.9 Å². The molecule has 0 unspecified atom stereocenters. The molecule has 32 heavy (non-hydrogen) atoms. The first-order chi connectivity index (χ1) is 15.3. The highest BCUT2D eigenvalue weighted by molar-refractivity contribution is 5.86. The van der Waals surface area contributed by atoms with Gasteiger partial charge in [-0.05, 0) is 64.4 Å². The van der Waals surface area contributed by atoms with Gasteiger partial charge in [0.25, 0.3) is 0 Å². The van der Waals surface area contributed by atoms with E-state index >= 15 is 0 Å². The summed E-state index contributed by atoms with van der Waals surface area (Å²) in [6.07, 6.45) is 2.64. The molecule has 1 aromatic carbocycles. The summed E-state index contributed by atoms with van der Waals surface area (Å²) in [7, 11) is 0. The summed E-state index contributed by atoms with van der Waals surface area (Å²) < 4.78 is 11.6. The molecule has 0 saturated heterocycles. The quantitative estimate of drug-likeness (QED) is 0.385. The minimum atomic E-state index is -0.281. The fraction of sp³-hybridized carbons (Fsp3) is 0.458. The van der Waals surface area contributed by atoms with Crippen LogP contribution < -0.4 is 25.4 Å².